The van der Waals surface area contributed by atoms with E-state index < -0.39 is 6.10 Å². The number of aliphatic hydroxyl groups excluding tert-OH is 1. The molecule has 4 rings (SSSR count). The zero-order valence-corrected chi connectivity index (χ0v) is 15.5. The summed E-state index contributed by atoms with van der Waals surface area (Å²) in [6.07, 6.45) is 7.76. The molecule has 1 spiro atoms. The van der Waals surface area contributed by atoms with Crippen LogP contribution in [0.5, 0.6) is 0 Å². The zero-order valence-electron chi connectivity index (χ0n) is 15.5. The minimum absolute atomic E-state index is 0.148. The van der Waals surface area contributed by atoms with E-state index in [4.69, 9.17) is 0 Å². The molecule has 2 saturated heterocycles. The van der Waals surface area contributed by atoms with Crippen LogP contribution in [0.4, 0.5) is 5.82 Å². The Morgan fingerprint density at radius 3 is 2.74 bits per heavy atom. The normalized spacial score (nSPS) is 25.1. The van der Waals surface area contributed by atoms with Crippen LogP contribution in [0.3, 0.4) is 0 Å². The number of anilines is 1. The second-order valence-electron chi connectivity index (χ2n) is 8.23. The Labute approximate surface area is 159 Å². The first-order valence-corrected chi connectivity index (χ1v) is 9.82. The van der Waals surface area contributed by atoms with Crippen molar-refractivity contribution in [1.29, 1.82) is 0 Å². The van der Waals surface area contributed by atoms with Crippen molar-refractivity contribution in [2.24, 2.45) is 5.41 Å². The summed E-state index contributed by atoms with van der Waals surface area (Å²) in [5.41, 5.74) is 0.724. The van der Waals surface area contributed by atoms with Gasteiger partial charge in [-0.2, -0.15) is 0 Å². The highest BCUT2D eigenvalue weighted by molar-refractivity contribution is 5.93. The number of carbonyl (C=O) groups is 2. The van der Waals surface area contributed by atoms with Crippen LogP contribution >= 0.6 is 0 Å². The van der Waals surface area contributed by atoms with E-state index in [0.29, 0.717) is 36.1 Å². The Morgan fingerprint density at radius 2 is 2.04 bits per heavy atom. The molecular weight excluding hydrogens is 346 g/mol. The number of amides is 2. The lowest BCUT2D eigenvalue weighted by Gasteiger charge is -2.52. The first-order valence-electron chi connectivity index (χ1n) is 9.82. The summed E-state index contributed by atoms with van der Waals surface area (Å²) in [6, 6.07) is 2.06. The van der Waals surface area contributed by atoms with Gasteiger partial charge in [0.1, 0.15) is 17.8 Å². The van der Waals surface area contributed by atoms with Crippen LogP contribution in [-0.4, -0.2) is 75.5 Å². The number of β-amino-alcohol motifs (C(OH)–C–C–N with tert-alkyl or cyclic N) is 1. The molecule has 27 heavy (non-hydrogen) atoms. The Bertz CT molecular complexity index is 696. The smallest absolute Gasteiger partial charge is 0.272 e. The largest absolute Gasteiger partial charge is 0.391 e. The Balaban J connectivity index is 1.33. The minimum Gasteiger partial charge on any atom is -0.391 e. The van der Waals surface area contributed by atoms with Gasteiger partial charge in [-0.1, -0.05) is 0 Å². The number of rotatable bonds is 4. The van der Waals surface area contributed by atoms with E-state index in [9.17, 15) is 14.7 Å². The molecule has 2 N–H and O–H groups in total. The van der Waals surface area contributed by atoms with Gasteiger partial charge in [0.2, 0.25) is 6.41 Å². The topological polar surface area (TPSA) is 98.7 Å². The lowest BCUT2D eigenvalue weighted by molar-refractivity contribution is -0.121. The van der Waals surface area contributed by atoms with Gasteiger partial charge >= 0.3 is 0 Å². The van der Waals surface area contributed by atoms with Gasteiger partial charge in [-0.15, -0.1) is 0 Å². The summed E-state index contributed by atoms with van der Waals surface area (Å²) >= 11 is 0. The average molecular weight is 373 g/mol. The number of likely N-dealkylation sites (tertiary alicyclic amines) is 2. The van der Waals surface area contributed by atoms with Gasteiger partial charge in [0, 0.05) is 38.3 Å². The molecule has 8 nitrogen and oxygen atoms in total. The highest BCUT2D eigenvalue weighted by atomic mass is 16.3. The van der Waals surface area contributed by atoms with Crippen molar-refractivity contribution in [2.75, 3.05) is 31.5 Å². The van der Waals surface area contributed by atoms with Crippen LogP contribution in [-0.2, 0) is 4.79 Å². The predicted molar refractivity (Wildman–Crippen MR) is 99.1 cm³/mol. The molecule has 0 radical (unpaired) electrons. The monoisotopic (exact) mass is 373 g/mol. The summed E-state index contributed by atoms with van der Waals surface area (Å²) in [5, 5.41) is 13.2. The second kappa shape index (κ2) is 7.42. The first kappa shape index (κ1) is 18.2. The number of nitrogens with one attached hydrogen (secondary N) is 1. The van der Waals surface area contributed by atoms with Crippen molar-refractivity contribution in [3.05, 3.63) is 18.1 Å². The highest BCUT2D eigenvalue weighted by Gasteiger charge is 2.45. The number of aliphatic hydroxyl groups is 1. The van der Waals surface area contributed by atoms with E-state index in [1.165, 1.54) is 6.33 Å². The molecule has 146 valence electrons. The quantitative estimate of drug-likeness (QED) is 0.761. The van der Waals surface area contributed by atoms with E-state index in [-0.39, 0.29) is 5.91 Å². The fourth-order valence-electron chi connectivity index (χ4n) is 4.66. The molecule has 3 fully saturated rings. The van der Waals surface area contributed by atoms with Crippen molar-refractivity contribution in [1.82, 2.24) is 19.8 Å². The summed E-state index contributed by atoms with van der Waals surface area (Å²) < 4.78 is 0. The molecule has 1 aromatic rings. The fourth-order valence-corrected chi connectivity index (χ4v) is 4.66. The summed E-state index contributed by atoms with van der Waals surface area (Å²) in [7, 11) is 0. The number of hydrogen-bond donors (Lipinski definition) is 2. The Hall–Kier alpha value is -2.22. The Morgan fingerprint density at radius 1 is 1.26 bits per heavy atom. The number of piperidine rings is 2. The SMILES string of the molecule is O=CN1CCC2(CC1)CC(Nc1cc(C(=O)N3CCCC(O)C3)ncn1)C2. The van der Waals surface area contributed by atoms with Crippen molar-refractivity contribution < 1.29 is 14.7 Å². The predicted octanol–water partition coefficient (Wildman–Crippen LogP) is 0.886. The molecule has 3 heterocycles. The van der Waals surface area contributed by atoms with Gasteiger partial charge in [-0.3, -0.25) is 9.59 Å². The Kier molecular flexibility index (Phi) is 4.99. The molecule has 1 aliphatic carbocycles. The molecule has 1 unspecified atom stereocenters. The number of carbonyl (C=O) groups excluding carboxylic acids is 2. The van der Waals surface area contributed by atoms with Crippen LogP contribution < -0.4 is 5.32 Å². The molecule has 2 amide bonds. The molecule has 1 saturated carbocycles. The lowest BCUT2D eigenvalue weighted by Crippen LogP contribution is -2.51. The van der Waals surface area contributed by atoms with Crippen molar-refractivity contribution in [3.8, 4) is 0 Å². The summed E-state index contributed by atoms with van der Waals surface area (Å²) in [5.74, 6) is 0.529. The van der Waals surface area contributed by atoms with Gasteiger partial charge < -0.3 is 20.2 Å². The third-order valence-electron chi connectivity index (χ3n) is 6.29. The average Bonchev–Trinajstić information content (AvgIpc) is 2.67. The molecule has 0 aromatic carbocycles. The van der Waals surface area contributed by atoms with Crippen LogP contribution in [0.15, 0.2) is 12.4 Å². The minimum atomic E-state index is -0.445. The highest BCUT2D eigenvalue weighted by Crippen LogP contribution is 2.49. The van der Waals surface area contributed by atoms with Crippen LogP contribution in [0.2, 0.25) is 0 Å². The number of hydrogen-bond acceptors (Lipinski definition) is 6. The molecule has 8 heteroatoms. The van der Waals surface area contributed by atoms with E-state index in [2.05, 4.69) is 15.3 Å². The maximum atomic E-state index is 12.6. The van der Waals surface area contributed by atoms with Gasteiger partial charge in [0.05, 0.1) is 6.10 Å². The summed E-state index contributed by atoms with van der Waals surface area (Å²) in [4.78, 5) is 35.4. The molecule has 1 atom stereocenters. The van der Waals surface area contributed by atoms with E-state index >= 15 is 0 Å². The zero-order chi connectivity index (χ0) is 18.9. The fraction of sp³-hybridized carbons (Fsp3) is 0.684. The molecule has 1 aromatic heterocycles. The van der Waals surface area contributed by atoms with Gasteiger partial charge in [0.25, 0.3) is 5.91 Å². The van der Waals surface area contributed by atoms with Crippen LogP contribution in [0.25, 0.3) is 0 Å². The maximum absolute atomic E-state index is 12.6. The van der Waals surface area contributed by atoms with E-state index in [1.807, 2.05) is 4.90 Å². The van der Waals surface area contributed by atoms with Gasteiger partial charge in [-0.05, 0) is 43.9 Å². The van der Waals surface area contributed by atoms with E-state index in [1.54, 1.807) is 11.0 Å². The third-order valence-corrected chi connectivity index (χ3v) is 6.29. The lowest BCUT2D eigenvalue weighted by atomic mass is 9.60. The molecule has 3 aliphatic rings. The second-order valence-corrected chi connectivity index (χ2v) is 8.23. The van der Waals surface area contributed by atoms with Crippen molar-refractivity contribution in [2.45, 2.75) is 50.7 Å². The molecular formula is C19H27N5O3. The summed E-state index contributed by atoms with van der Waals surface area (Å²) in [6.45, 7) is 2.73. The third kappa shape index (κ3) is 3.90. The number of nitrogens with zero attached hydrogens (tertiary/aromatic N) is 4. The number of aromatic nitrogens is 2. The maximum Gasteiger partial charge on any atom is 0.272 e. The van der Waals surface area contributed by atoms with Crippen molar-refractivity contribution >= 4 is 18.1 Å². The van der Waals surface area contributed by atoms with E-state index in [0.717, 1.165) is 58.0 Å². The standard InChI is InChI=1S/C19H27N5O3/c25-13-23-6-3-19(4-7-23)9-14(10-19)22-17-8-16(20-12-21-17)18(27)24-5-1-2-15(26)11-24/h8,12-15,26H,1-7,9-11H2,(H,20,21,22). The van der Waals surface area contributed by atoms with Gasteiger partial charge in [0.15, 0.2) is 0 Å². The first-order chi connectivity index (χ1) is 13.1. The molecule has 2 aliphatic heterocycles. The van der Waals surface area contributed by atoms with Crippen LogP contribution in [0.1, 0.15) is 49.0 Å². The molecule has 0 bridgehead atoms. The van der Waals surface area contributed by atoms with Gasteiger partial charge in [-0.25, -0.2) is 9.97 Å². The van der Waals surface area contributed by atoms with Crippen molar-refractivity contribution in [3.63, 3.8) is 0 Å². The van der Waals surface area contributed by atoms with Crippen LogP contribution in [0, 0.1) is 5.41 Å².